The molecule has 1 aromatic rings. The minimum absolute atomic E-state index is 0.00424. The summed E-state index contributed by atoms with van der Waals surface area (Å²) >= 11 is 0. The first kappa shape index (κ1) is 15.3. The molecule has 0 spiro atoms. The standard InChI is InChI=1S/C10H13F3N2O4/c1-2-6-7(16)14-9(18)15(8(6)17)3-4-19-5-10(11,12)13/h17H,2-5H2,1H3,(H,14,16,18). The number of aromatic nitrogens is 2. The van der Waals surface area contributed by atoms with E-state index in [9.17, 15) is 27.9 Å². The summed E-state index contributed by atoms with van der Waals surface area (Å²) in [6, 6.07) is 0. The van der Waals surface area contributed by atoms with Crippen LogP contribution < -0.4 is 11.2 Å². The summed E-state index contributed by atoms with van der Waals surface area (Å²) in [7, 11) is 0. The molecule has 0 atom stereocenters. The number of halogens is 3. The second kappa shape index (κ2) is 5.91. The molecule has 1 heterocycles. The van der Waals surface area contributed by atoms with Crippen LogP contribution in [0.4, 0.5) is 13.2 Å². The van der Waals surface area contributed by atoms with Crippen LogP contribution in [0.15, 0.2) is 9.59 Å². The van der Waals surface area contributed by atoms with Gasteiger partial charge in [-0.05, 0) is 6.42 Å². The lowest BCUT2D eigenvalue weighted by Gasteiger charge is -2.11. The van der Waals surface area contributed by atoms with Crippen LogP contribution >= 0.6 is 0 Å². The molecule has 6 nitrogen and oxygen atoms in total. The van der Waals surface area contributed by atoms with Crippen molar-refractivity contribution in [3.05, 3.63) is 26.4 Å². The lowest BCUT2D eigenvalue weighted by molar-refractivity contribution is -0.174. The summed E-state index contributed by atoms with van der Waals surface area (Å²) in [6.07, 6.45) is -4.27. The van der Waals surface area contributed by atoms with Crippen molar-refractivity contribution >= 4 is 0 Å². The van der Waals surface area contributed by atoms with E-state index in [0.717, 1.165) is 4.57 Å². The zero-order valence-electron chi connectivity index (χ0n) is 10.1. The van der Waals surface area contributed by atoms with Gasteiger partial charge in [0.25, 0.3) is 5.56 Å². The highest BCUT2D eigenvalue weighted by atomic mass is 19.4. The minimum Gasteiger partial charge on any atom is -0.494 e. The maximum Gasteiger partial charge on any atom is 0.411 e. The zero-order chi connectivity index (χ0) is 14.6. The predicted molar refractivity (Wildman–Crippen MR) is 59.2 cm³/mol. The first-order valence-corrected chi connectivity index (χ1v) is 5.45. The second-order valence-corrected chi connectivity index (χ2v) is 3.73. The van der Waals surface area contributed by atoms with Gasteiger partial charge in [-0.25, -0.2) is 4.79 Å². The van der Waals surface area contributed by atoms with Crippen LogP contribution in [0.25, 0.3) is 0 Å². The molecule has 0 aliphatic heterocycles. The summed E-state index contributed by atoms with van der Waals surface area (Å²) in [5, 5.41) is 9.67. The van der Waals surface area contributed by atoms with Crippen molar-refractivity contribution in [3.8, 4) is 5.88 Å². The highest BCUT2D eigenvalue weighted by Gasteiger charge is 2.27. The number of aromatic amines is 1. The van der Waals surface area contributed by atoms with Crippen molar-refractivity contribution in [2.75, 3.05) is 13.2 Å². The van der Waals surface area contributed by atoms with Gasteiger partial charge in [-0.2, -0.15) is 13.2 Å². The van der Waals surface area contributed by atoms with Crippen molar-refractivity contribution in [1.82, 2.24) is 9.55 Å². The normalized spacial score (nSPS) is 11.8. The second-order valence-electron chi connectivity index (χ2n) is 3.73. The van der Waals surface area contributed by atoms with Crippen molar-refractivity contribution in [1.29, 1.82) is 0 Å². The average molecular weight is 282 g/mol. The van der Waals surface area contributed by atoms with Crippen LogP contribution in [0, 0.1) is 0 Å². The molecule has 0 bridgehead atoms. The van der Waals surface area contributed by atoms with Crippen molar-refractivity contribution in [2.24, 2.45) is 0 Å². The molecule has 0 unspecified atom stereocenters. The Labute approximate surface area is 105 Å². The zero-order valence-corrected chi connectivity index (χ0v) is 10.1. The maximum absolute atomic E-state index is 11.8. The molecule has 9 heteroatoms. The topological polar surface area (TPSA) is 84.3 Å². The Morgan fingerprint density at radius 1 is 1.37 bits per heavy atom. The van der Waals surface area contributed by atoms with Crippen LogP contribution in [0.1, 0.15) is 12.5 Å². The lowest BCUT2D eigenvalue weighted by atomic mass is 10.2. The number of rotatable bonds is 5. The van der Waals surface area contributed by atoms with Gasteiger partial charge < -0.3 is 9.84 Å². The number of hydrogen-bond acceptors (Lipinski definition) is 4. The lowest BCUT2D eigenvalue weighted by Crippen LogP contribution is -2.33. The van der Waals surface area contributed by atoms with E-state index in [0.29, 0.717) is 0 Å². The Kier molecular flexibility index (Phi) is 4.76. The number of ether oxygens (including phenoxy) is 1. The van der Waals surface area contributed by atoms with E-state index in [2.05, 4.69) is 4.74 Å². The molecule has 1 rings (SSSR count). The third-order valence-corrected chi connectivity index (χ3v) is 2.34. The number of H-pyrrole nitrogens is 1. The summed E-state index contributed by atoms with van der Waals surface area (Å²) < 4.78 is 40.6. The van der Waals surface area contributed by atoms with E-state index >= 15 is 0 Å². The maximum atomic E-state index is 11.8. The summed E-state index contributed by atoms with van der Waals surface area (Å²) in [5.41, 5.74) is -1.61. The van der Waals surface area contributed by atoms with Gasteiger partial charge in [-0.15, -0.1) is 0 Å². The third-order valence-electron chi connectivity index (χ3n) is 2.34. The van der Waals surface area contributed by atoms with Gasteiger partial charge >= 0.3 is 11.9 Å². The van der Waals surface area contributed by atoms with Gasteiger partial charge in [0.2, 0.25) is 5.88 Å². The molecule has 0 amide bonds. The van der Waals surface area contributed by atoms with E-state index in [1.807, 2.05) is 4.98 Å². The summed E-state index contributed by atoms with van der Waals surface area (Å²) in [4.78, 5) is 24.7. The molecule has 0 aliphatic rings. The molecular weight excluding hydrogens is 269 g/mol. The number of nitrogens with zero attached hydrogens (tertiary/aromatic N) is 1. The molecule has 0 saturated heterocycles. The van der Waals surface area contributed by atoms with Gasteiger partial charge in [0.15, 0.2) is 0 Å². The van der Waals surface area contributed by atoms with Gasteiger partial charge in [-0.1, -0.05) is 6.92 Å². The largest absolute Gasteiger partial charge is 0.494 e. The minimum atomic E-state index is -4.45. The Bertz CT molecular complexity index is 547. The smallest absolute Gasteiger partial charge is 0.411 e. The molecule has 0 aliphatic carbocycles. The number of nitrogens with one attached hydrogen (secondary N) is 1. The quantitative estimate of drug-likeness (QED) is 0.765. The number of hydrogen-bond donors (Lipinski definition) is 2. The highest BCUT2D eigenvalue weighted by Crippen LogP contribution is 2.14. The van der Waals surface area contributed by atoms with Gasteiger partial charge in [0.05, 0.1) is 18.7 Å². The molecule has 0 fully saturated rings. The van der Waals surface area contributed by atoms with Crippen LogP contribution in [0.2, 0.25) is 0 Å². The van der Waals surface area contributed by atoms with E-state index < -0.39 is 36.5 Å². The third kappa shape index (κ3) is 4.12. The van der Waals surface area contributed by atoms with Crippen molar-refractivity contribution in [2.45, 2.75) is 26.1 Å². The molecule has 0 radical (unpaired) electrons. The van der Waals surface area contributed by atoms with Crippen molar-refractivity contribution < 1.29 is 23.0 Å². The molecular formula is C10H13F3N2O4. The highest BCUT2D eigenvalue weighted by molar-refractivity contribution is 5.22. The molecule has 108 valence electrons. The molecule has 1 aromatic heterocycles. The molecule has 19 heavy (non-hydrogen) atoms. The molecule has 0 saturated carbocycles. The predicted octanol–water partition coefficient (Wildman–Crippen LogP) is 0.384. The van der Waals surface area contributed by atoms with Crippen LogP contribution in [0.3, 0.4) is 0 Å². The van der Waals surface area contributed by atoms with E-state index in [-0.39, 0.29) is 18.5 Å². The Balaban J connectivity index is 2.79. The van der Waals surface area contributed by atoms with E-state index in [1.165, 1.54) is 0 Å². The monoisotopic (exact) mass is 282 g/mol. The number of alkyl halides is 3. The number of aromatic hydroxyl groups is 1. The first-order valence-electron chi connectivity index (χ1n) is 5.45. The summed E-state index contributed by atoms with van der Waals surface area (Å²) in [5.74, 6) is -0.549. The average Bonchev–Trinajstić information content (AvgIpc) is 2.26. The Hall–Kier alpha value is -1.77. The molecule has 2 N–H and O–H groups in total. The van der Waals surface area contributed by atoms with Gasteiger partial charge in [0, 0.05) is 0 Å². The first-order chi connectivity index (χ1) is 8.76. The fourth-order valence-electron chi connectivity index (χ4n) is 1.47. The van der Waals surface area contributed by atoms with E-state index in [4.69, 9.17) is 0 Å². The fourth-order valence-corrected chi connectivity index (χ4v) is 1.47. The summed E-state index contributed by atoms with van der Waals surface area (Å²) in [6.45, 7) is -0.543. The Morgan fingerprint density at radius 3 is 2.53 bits per heavy atom. The fraction of sp³-hybridized carbons (Fsp3) is 0.600. The molecule has 0 aromatic carbocycles. The Morgan fingerprint density at radius 2 is 2.00 bits per heavy atom. The van der Waals surface area contributed by atoms with E-state index in [1.54, 1.807) is 6.92 Å². The van der Waals surface area contributed by atoms with Crippen LogP contribution in [0.5, 0.6) is 5.88 Å². The van der Waals surface area contributed by atoms with Gasteiger partial charge in [0.1, 0.15) is 6.61 Å². The van der Waals surface area contributed by atoms with Gasteiger partial charge in [-0.3, -0.25) is 14.3 Å². The van der Waals surface area contributed by atoms with Crippen LogP contribution in [-0.4, -0.2) is 34.0 Å². The van der Waals surface area contributed by atoms with Crippen LogP contribution in [-0.2, 0) is 17.7 Å². The van der Waals surface area contributed by atoms with Crippen molar-refractivity contribution in [3.63, 3.8) is 0 Å². The SMILES string of the molecule is CCc1c(O)n(CCOCC(F)(F)F)c(=O)[nH]c1=O.